The molecule has 4 heteroatoms. The Hall–Kier alpha value is -2.75. The minimum Gasteiger partial charge on any atom is -0.504 e. The lowest BCUT2D eigenvalue weighted by Gasteiger charge is -2.11. The Morgan fingerprint density at radius 3 is 2.17 bits per heavy atom. The fourth-order valence-corrected chi connectivity index (χ4v) is 2.73. The molecule has 3 rings (SSSR count). The quantitative estimate of drug-likeness (QED) is 0.664. The number of rotatable bonds is 1. The van der Waals surface area contributed by atoms with Gasteiger partial charge in [0.15, 0.2) is 16.9 Å². The molecule has 0 saturated heterocycles. The van der Waals surface area contributed by atoms with Crippen LogP contribution < -0.4 is 5.43 Å². The average Bonchev–Trinajstić information content (AvgIpc) is 2.52. The predicted octanol–water partition coefficient (Wildman–Crippen LogP) is 4.10. The maximum Gasteiger partial charge on any atom is 0.193 e. The van der Waals surface area contributed by atoms with Crippen LogP contribution in [-0.2, 0) is 0 Å². The van der Waals surface area contributed by atoms with Gasteiger partial charge in [0.2, 0.25) is 0 Å². The van der Waals surface area contributed by atoms with Crippen LogP contribution in [0.25, 0.3) is 22.3 Å². The number of phenols is 2. The lowest BCUT2D eigenvalue weighted by Crippen LogP contribution is -2.04. The third-order valence-corrected chi connectivity index (χ3v) is 4.39. The first-order valence-corrected chi connectivity index (χ1v) is 7.37. The molecule has 0 fully saturated rings. The van der Waals surface area contributed by atoms with E-state index in [1.807, 2.05) is 32.0 Å². The molecule has 23 heavy (non-hydrogen) atoms. The number of benzene rings is 2. The number of hydrogen-bond acceptors (Lipinski definition) is 4. The summed E-state index contributed by atoms with van der Waals surface area (Å²) in [4.78, 5) is 12.5. The van der Waals surface area contributed by atoms with Crippen LogP contribution in [0, 0.1) is 27.7 Å². The fourth-order valence-electron chi connectivity index (χ4n) is 2.73. The summed E-state index contributed by atoms with van der Waals surface area (Å²) in [6, 6.07) is 7.26. The van der Waals surface area contributed by atoms with Crippen LogP contribution in [0.3, 0.4) is 0 Å². The third-order valence-electron chi connectivity index (χ3n) is 4.39. The van der Waals surface area contributed by atoms with E-state index in [2.05, 4.69) is 0 Å². The van der Waals surface area contributed by atoms with Gasteiger partial charge in [-0.15, -0.1) is 0 Å². The summed E-state index contributed by atoms with van der Waals surface area (Å²) in [6.45, 7) is 7.22. The SMILES string of the molecule is Cc1ccc(-c2cc(=O)c3c(C)c(O)c(O)c(C)c3o2)cc1C. The van der Waals surface area contributed by atoms with Gasteiger partial charge in [-0.1, -0.05) is 12.1 Å². The molecule has 0 aliphatic rings. The van der Waals surface area contributed by atoms with Crippen LogP contribution in [0.4, 0.5) is 0 Å². The van der Waals surface area contributed by atoms with E-state index in [0.717, 1.165) is 16.7 Å². The van der Waals surface area contributed by atoms with E-state index in [0.29, 0.717) is 27.9 Å². The van der Waals surface area contributed by atoms with Crippen LogP contribution in [-0.4, -0.2) is 10.2 Å². The maximum absolute atomic E-state index is 12.5. The lowest BCUT2D eigenvalue weighted by molar-refractivity contribution is 0.398. The van der Waals surface area contributed by atoms with Gasteiger partial charge in [0.25, 0.3) is 0 Å². The van der Waals surface area contributed by atoms with E-state index in [1.54, 1.807) is 13.8 Å². The molecule has 0 aliphatic heterocycles. The summed E-state index contributed by atoms with van der Waals surface area (Å²) in [6.07, 6.45) is 0. The Labute approximate surface area is 133 Å². The average molecular weight is 310 g/mol. The summed E-state index contributed by atoms with van der Waals surface area (Å²) in [5.41, 5.74) is 3.80. The first-order valence-electron chi connectivity index (χ1n) is 7.37. The first-order chi connectivity index (χ1) is 10.8. The molecular formula is C19H18O4. The van der Waals surface area contributed by atoms with Crippen LogP contribution in [0.5, 0.6) is 11.5 Å². The zero-order valence-corrected chi connectivity index (χ0v) is 13.5. The van der Waals surface area contributed by atoms with E-state index >= 15 is 0 Å². The van der Waals surface area contributed by atoms with Crippen molar-refractivity contribution < 1.29 is 14.6 Å². The molecule has 0 aliphatic carbocycles. The van der Waals surface area contributed by atoms with E-state index < -0.39 is 0 Å². The Bertz CT molecular complexity index is 997. The number of fused-ring (bicyclic) bond motifs is 1. The lowest BCUT2D eigenvalue weighted by atomic mass is 10.0. The molecule has 2 N–H and O–H groups in total. The first kappa shape index (κ1) is 15.2. The van der Waals surface area contributed by atoms with Crippen molar-refractivity contribution in [2.75, 3.05) is 0 Å². The molecule has 0 amide bonds. The molecule has 3 aromatic rings. The number of phenolic OH excluding ortho intramolecular Hbond substituents is 2. The van der Waals surface area contributed by atoms with Crippen molar-refractivity contribution >= 4 is 11.0 Å². The highest BCUT2D eigenvalue weighted by atomic mass is 16.3. The van der Waals surface area contributed by atoms with Crippen LogP contribution in [0.1, 0.15) is 22.3 Å². The highest BCUT2D eigenvalue weighted by Gasteiger charge is 2.19. The van der Waals surface area contributed by atoms with Crippen molar-refractivity contribution in [3.05, 3.63) is 56.7 Å². The normalized spacial score (nSPS) is 11.1. The highest BCUT2D eigenvalue weighted by molar-refractivity contribution is 5.89. The third kappa shape index (κ3) is 2.27. The predicted molar refractivity (Wildman–Crippen MR) is 90.2 cm³/mol. The molecular weight excluding hydrogens is 292 g/mol. The van der Waals surface area contributed by atoms with Crippen LogP contribution in [0.2, 0.25) is 0 Å². The molecule has 0 atom stereocenters. The van der Waals surface area contributed by atoms with Gasteiger partial charge >= 0.3 is 0 Å². The van der Waals surface area contributed by atoms with Gasteiger partial charge in [-0.05, 0) is 44.9 Å². The summed E-state index contributed by atoms with van der Waals surface area (Å²) >= 11 is 0. The molecule has 118 valence electrons. The van der Waals surface area contributed by atoms with Crippen molar-refractivity contribution in [1.82, 2.24) is 0 Å². The molecule has 2 aromatic carbocycles. The highest BCUT2D eigenvalue weighted by Crippen LogP contribution is 2.39. The second kappa shape index (κ2) is 5.16. The van der Waals surface area contributed by atoms with E-state index in [4.69, 9.17) is 4.42 Å². The Morgan fingerprint density at radius 1 is 0.870 bits per heavy atom. The molecule has 1 heterocycles. The Balaban J connectivity index is 2.38. The molecule has 0 spiro atoms. The zero-order valence-electron chi connectivity index (χ0n) is 13.5. The number of hydrogen-bond donors (Lipinski definition) is 2. The van der Waals surface area contributed by atoms with Gasteiger partial charge < -0.3 is 14.6 Å². The smallest absolute Gasteiger partial charge is 0.193 e. The summed E-state index contributed by atoms with van der Waals surface area (Å²) in [7, 11) is 0. The van der Waals surface area contributed by atoms with Crippen molar-refractivity contribution in [3.63, 3.8) is 0 Å². The summed E-state index contributed by atoms with van der Waals surface area (Å²) < 4.78 is 5.90. The van der Waals surface area contributed by atoms with Crippen molar-refractivity contribution in [2.24, 2.45) is 0 Å². The molecule has 0 saturated carbocycles. The van der Waals surface area contributed by atoms with Crippen LogP contribution in [0.15, 0.2) is 33.5 Å². The molecule has 1 aromatic heterocycles. The molecule has 4 nitrogen and oxygen atoms in total. The summed E-state index contributed by atoms with van der Waals surface area (Å²) in [5, 5.41) is 20.2. The van der Waals surface area contributed by atoms with Crippen molar-refractivity contribution in [1.29, 1.82) is 0 Å². The number of aromatic hydroxyl groups is 2. The van der Waals surface area contributed by atoms with E-state index in [9.17, 15) is 15.0 Å². The van der Waals surface area contributed by atoms with Crippen molar-refractivity contribution in [2.45, 2.75) is 27.7 Å². The van der Waals surface area contributed by atoms with Gasteiger partial charge in [-0.25, -0.2) is 0 Å². The summed E-state index contributed by atoms with van der Waals surface area (Å²) in [5.74, 6) is -0.0881. The minimum absolute atomic E-state index is 0.240. The fraction of sp³-hybridized carbons (Fsp3) is 0.211. The molecule has 0 bridgehead atoms. The van der Waals surface area contributed by atoms with Gasteiger partial charge in [0, 0.05) is 22.8 Å². The monoisotopic (exact) mass is 310 g/mol. The van der Waals surface area contributed by atoms with Gasteiger partial charge in [-0.2, -0.15) is 0 Å². The number of aryl methyl sites for hydroxylation is 4. The van der Waals surface area contributed by atoms with Crippen molar-refractivity contribution in [3.8, 4) is 22.8 Å². The Kier molecular flexibility index (Phi) is 3.40. The largest absolute Gasteiger partial charge is 0.504 e. The standard InChI is InChI=1S/C19H18O4/c1-9-5-6-13(7-10(9)2)15-8-14(20)16-11(3)17(21)18(22)12(4)19(16)23-15/h5-8,21-22H,1-4H3. The second-order valence-electron chi connectivity index (χ2n) is 5.93. The Morgan fingerprint density at radius 2 is 1.52 bits per heavy atom. The minimum atomic E-state index is -0.277. The van der Waals surface area contributed by atoms with Crippen LogP contribution >= 0.6 is 0 Å². The second-order valence-corrected chi connectivity index (χ2v) is 5.93. The molecule has 0 radical (unpaired) electrons. The van der Waals surface area contributed by atoms with Gasteiger partial charge in [0.1, 0.15) is 11.3 Å². The molecule has 0 unspecified atom stereocenters. The van der Waals surface area contributed by atoms with E-state index in [1.165, 1.54) is 6.07 Å². The maximum atomic E-state index is 12.5. The zero-order chi connectivity index (χ0) is 16.9. The van der Waals surface area contributed by atoms with Gasteiger partial charge in [-0.3, -0.25) is 4.79 Å². The van der Waals surface area contributed by atoms with Gasteiger partial charge in [0.05, 0.1) is 5.39 Å². The topological polar surface area (TPSA) is 70.7 Å². The van der Waals surface area contributed by atoms with E-state index in [-0.39, 0.29) is 16.9 Å².